The molecule has 4 rings (SSSR count). The first-order valence-corrected chi connectivity index (χ1v) is 10.8. The van der Waals surface area contributed by atoms with E-state index in [9.17, 15) is 29.5 Å². The van der Waals surface area contributed by atoms with Crippen molar-refractivity contribution in [3.8, 4) is 5.75 Å². The lowest BCUT2D eigenvalue weighted by molar-refractivity contribution is -0.205. The number of alkyl halides is 1. The van der Waals surface area contributed by atoms with E-state index in [4.69, 9.17) is 19.7 Å². The summed E-state index contributed by atoms with van der Waals surface area (Å²) in [4.78, 5) is 25.6. The average Bonchev–Trinajstić information content (AvgIpc) is 2.94. The number of halogens is 1. The largest absolute Gasteiger partial charge is 0.530 e. The van der Waals surface area contributed by atoms with Crippen LogP contribution in [0.1, 0.15) is 24.3 Å². The molecule has 5 atom stereocenters. The first-order valence-electron chi connectivity index (χ1n) is 9.81. The van der Waals surface area contributed by atoms with Crippen LogP contribution in [-0.2, 0) is 31.6 Å². The molecule has 1 saturated heterocycles. The van der Waals surface area contributed by atoms with E-state index in [-0.39, 0.29) is 17.9 Å². The number of benzene rings is 1. The Kier molecular flexibility index (Phi) is 5.50. The summed E-state index contributed by atoms with van der Waals surface area (Å²) in [5.41, 5.74) is -1.44. The Labute approximate surface area is 180 Å². The number of aliphatic hydroxyl groups excluding tert-OH is 3. The summed E-state index contributed by atoms with van der Waals surface area (Å²) in [7, 11) is -4.38. The number of hydrogen-bond donors (Lipinski definition) is 4. The molecule has 0 saturated carbocycles. The van der Waals surface area contributed by atoms with Crippen molar-refractivity contribution in [1.82, 2.24) is 9.55 Å². The van der Waals surface area contributed by atoms with Crippen molar-refractivity contribution >= 4 is 7.82 Å². The summed E-state index contributed by atoms with van der Waals surface area (Å²) >= 11 is 0. The Balaban J connectivity index is 1.59. The molecule has 2 aromatic rings. The summed E-state index contributed by atoms with van der Waals surface area (Å²) < 4.78 is 57.2. The Hall–Kier alpha value is -2.38. The molecule has 0 bridgehead atoms. The monoisotopic (exact) mass is 475 g/mol. The third-order valence-corrected chi connectivity index (χ3v) is 6.28. The van der Waals surface area contributed by atoms with Crippen molar-refractivity contribution in [2.45, 2.75) is 44.4 Å². The predicted molar refractivity (Wildman–Crippen MR) is 103 cm³/mol. The predicted octanol–water partition coefficient (Wildman–Crippen LogP) is -0.0124. The van der Waals surface area contributed by atoms with Crippen molar-refractivity contribution in [3.63, 3.8) is 0 Å². The highest BCUT2D eigenvalue weighted by atomic mass is 31.2. The highest BCUT2D eigenvalue weighted by Crippen LogP contribution is 2.56. The summed E-state index contributed by atoms with van der Waals surface area (Å²) in [6.07, 6.45) is -7.10. The SMILES string of the molecule is [2H][C@@]1(n2cc(CO)c(=O)[nH]c2=O)O[C@](F)(COP2(=O)OCc3cccc(C)c3O2)[C@@H](O)[C@H]1O. The van der Waals surface area contributed by atoms with Gasteiger partial charge in [-0.25, -0.2) is 13.8 Å². The molecule has 32 heavy (non-hydrogen) atoms. The van der Waals surface area contributed by atoms with Gasteiger partial charge in [-0.3, -0.25) is 23.4 Å². The number of phosphoric acid groups is 1. The number of ether oxygens (including phenoxy) is 1. The van der Waals surface area contributed by atoms with Crippen LogP contribution in [0.5, 0.6) is 5.75 Å². The van der Waals surface area contributed by atoms with Gasteiger partial charge in [0.15, 0.2) is 6.20 Å². The van der Waals surface area contributed by atoms with Crippen LogP contribution in [0.4, 0.5) is 4.39 Å². The van der Waals surface area contributed by atoms with E-state index in [1.165, 1.54) is 0 Å². The zero-order valence-corrected chi connectivity index (χ0v) is 17.5. The van der Waals surface area contributed by atoms with Crippen LogP contribution in [0.3, 0.4) is 0 Å². The molecule has 14 heteroatoms. The number of rotatable bonds is 5. The standard InChI is InChI=1S/C18H20FN2O10P/c1-9-3-2-4-10-7-28-32(27,31-13(9)10)29-8-18(19)14(24)12(23)16(30-18)21-5-11(6-22)15(25)20-17(21)26/h2-5,12,14,16,22-24H,6-8H2,1H3,(H,20,25,26)/t12-,14+,16-,18-,32?/m1/s1/i16D. The lowest BCUT2D eigenvalue weighted by Crippen LogP contribution is -2.43. The molecule has 1 unspecified atom stereocenters. The summed E-state index contributed by atoms with van der Waals surface area (Å²) in [6.45, 7) is -0.636. The van der Waals surface area contributed by atoms with Gasteiger partial charge in [-0.1, -0.05) is 18.2 Å². The number of aromatic nitrogens is 2. The Morgan fingerprint density at radius 2 is 2.19 bits per heavy atom. The van der Waals surface area contributed by atoms with Crippen molar-refractivity contribution < 1.29 is 44.0 Å². The second kappa shape index (κ2) is 8.19. The van der Waals surface area contributed by atoms with Gasteiger partial charge in [0.1, 0.15) is 24.6 Å². The van der Waals surface area contributed by atoms with Gasteiger partial charge >= 0.3 is 13.5 Å². The molecule has 1 aromatic heterocycles. The molecule has 174 valence electrons. The summed E-state index contributed by atoms with van der Waals surface area (Å²) in [5.74, 6) is -3.12. The average molecular weight is 475 g/mol. The summed E-state index contributed by atoms with van der Waals surface area (Å²) in [5, 5.41) is 29.8. The van der Waals surface area contributed by atoms with Gasteiger partial charge in [0, 0.05) is 11.8 Å². The number of aliphatic hydroxyl groups is 3. The fourth-order valence-electron chi connectivity index (χ4n) is 3.23. The minimum absolute atomic E-state index is 0.168. The van der Waals surface area contributed by atoms with Crippen molar-refractivity contribution in [3.05, 3.63) is 61.9 Å². The van der Waals surface area contributed by atoms with Gasteiger partial charge in [-0.05, 0) is 12.5 Å². The van der Waals surface area contributed by atoms with Crippen LogP contribution in [0.15, 0.2) is 34.0 Å². The number of fused-ring (bicyclic) bond motifs is 1. The van der Waals surface area contributed by atoms with Crippen LogP contribution < -0.4 is 15.8 Å². The first-order chi connectivity index (χ1) is 15.4. The quantitative estimate of drug-likeness (QED) is 0.431. The molecule has 4 N–H and O–H groups in total. The van der Waals surface area contributed by atoms with Crippen molar-refractivity contribution in [2.75, 3.05) is 6.61 Å². The first kappa shape index (κ1) is 21.5. The summed E-state index contributed by atoms with van der Waals surface area (Å²) in [6, 6.07) is 5.08. The third kappa shape index (κ3) is 3.92. The molecule has 0 radical (unpaired) electrons. The van der Waals surface area contributed by atoms with Crippen LogP contribution in [0.2, 0.25) is 0 Å². The number of nitrogens with one attached hydrogen (secondary N) is 1. The number of nitrogens with zero attached hydrogens (tertiary/aromatic N) is 1. The maximum atomic E-state index is 15.5. The molecule has 12 nitrogen and oxygen atoms in total. The Morgan fingerprint density at radius 3 is 2.91 bits per heavy atom. The van der Waals surface area contributed by atoms with E-state index in [1.54, 1.807) is 30.1 Å². The molecule has 1 aromatic carbocycles. The minimum Gasteiger partial charge on any atom is -0.403 e. The molecule has 2 aliphatic heterocycles. The van der Waals surface area contributed by atoms with E-state index < -0.39 is 56.6 Å². The van der Waals surface area contributed by atoms with Crippen LogP contribution in [0.25, 0.3) is 0 Å². The number of phosphoric ester groups is 1. The maximum Gasteiger partial charge on any atom is 0.530 e. The van der Waals surface area contributed by atoms with Gasteiger partial charge in [0.2, 0.25) is 0 Å². The van der Waals surface area contributed by atoms with Gasteiger partial charge in [0.25, 0.3) is 11.4 Å². The Bertz CT molecular complexity index is 1250. The second-order valence-corrected chi connectivity index (χ2v) is 8.80. The van der Waals surface area contributed by atoms with Crippen LogP contribution in [0, 0.1) is 6.92 Å². The molecule has 0 amide bonds. The molecule has 0 aliphatic carbocycles. The van der Waals surface area contributed by atoms with Gasteiger partial charge in [-0.2, -0.15) is 0 Å². The Morgan fingerprint density at radius 1 is 1.44 bits per heavy atom. The highest BCUT2D eigenvalue weighted by Gasteiger charge is 2.57. The normalized spacial score (nSPS) is 34.6. The fourth-order valence-corrected chi connectivity index (χ4v) is 4.53. The minimum atomic E-state index is -4.38. The lowest BCUT2D eigenvalue weighted by Gasteiger charge is -2.29. The van der Waals surface area contributed by atoms with Gasteiger partial charge in [-0.15, -0.1) is 0 Å². The molecule has 0 spiro atoms. The van der Waals surface area contributed by atoms with Crippen LogP contribution >= 0.6 is 7.82 Å². The van der Waals surface area contributed by atoms with E-state index in [1.807, 2.05) is 0 Å². The molecular weight excluding hydrogens is 454 g/mol. The number of para-hydroxylation sites is 1. The third-order valence-electron chi connectivity index (χ3n) is 4.99. The zero-order valence-electron chi connectivity index (χ0n) is 17.6. The van der Waals surface area contributed by atoms with E-state index in [0.717, 1.165) is 0 Å². The van der Waals surface area contributed by atoms with E-state index in [0.29, 0.717) is 21.9 Å². The molecular formula is C18H20FN2O10P. The van der Waals surface area contributed by atoms with E-state index >= 15 is 4.39 Å². The lowest BCUT2D eigenvalue weighted by atomic mass is 10.1. The molecule has 3 heterocycles. The van der Waals surface area contributed by atoms with Gasteiger partial charge < -0.3 is 24.6 Å². The number of aromatic amines is 1. The maximum absolute atomic E-state index is 15.5. The van der Waals surface area contributed by atoms with Crippen molar-refractivity contribution in [2.24, 2.45) is 0 Å². The number of H-pyrrole nitrogens is 1. The smallest absolute Gasteiger partial charge is 0.403 e. The van der Waals surface area contributed by atoms with Gasteiger partial charge in [0.05, 0.1) is 20.1 Å². The topological polar surface area (TPSA) is 170 Å². The van der Waals surface area contributed by atoms with Crippen LogP contribution in [-0.4, -0.2) is 49.5 Å². The van der Waals surface area contributed by atoms with Crippen molar-refractivity contribution in [1.29, 1.82) is 0 Å². The highest BCUT2D eigenvalue weighted by molar-refractivity contribution is 7.49. The number of hydrogen-bond acceptors (Lipinski definition) is 10. The number of aryl methyl sites for hydroxylation is 1. The molecule has 2 aliphatic rings. The second-order valence-electron chi connectivity index (χ2n) is 7.21. The molecule has 1 fully saturated rings. The van der Waals surface area contributed by atoms with E-state index in [2.05, 4.69) is 0 Å². The zero-order chi connectivity index (χ0) is 24.2. The fraction of sp³-hybridized carbons (Fsp3) is 0.444.